The molecule has 2 nitrogen and oxygen atoms in total. The van der Waals surface area contributed by atoms with Crippen molar-refractivity contribution in [2.24, 2.45) is 0 Å². The normalized spacial score (nSPS) is 10.8. The maximum absolute atomic E-state index is 5.78. The molecule has 19 heavy (non-hydrogen) atoms. The van der Waals surface area contributed by atoms with Gasteiger partial charge in [-0.15, -0.1) is 0 Å². The molecule has 0 unspecified atom stereocenters. The predicted molar refractivity (Wildman–Crippen MR) is 79.5 cm³/mol. The maximum Gasteiger partial charge on any atom is 0.134 e. The van der Waals surface area contributed by atoms with Crippen molar-refractivity contribution < 1.29 is 4.42 Å². The van der Waals surface area contributed by atoms with Gasteiger partial charge in [0.2, 0.25) is 0 Å². The van der Waals surface area contributed by atoms with Crippen LogP contribution in [-0.4, -0.2) is 0 Å². The van der Waals surface area contributed by atoms with Crippen molar-refractivity contribution in [1.82, 2.24) is 0 Å². The molecule has 2 heteroatoms. The molecule has 0 atom stereocenters. The van der Waals surface area contributed by atoms with Crippen molar-refractivity contribution in [2.75, 3.05) is 5.32 Å². The molecule has 0 saturated heterocycles. The molecule has 3 rings (SSSR count). The summed E-state index contributed by atoms with van der Waals surface area (Å²) in [5, 5.41) is 4.68. The highest BCUT2D eigenvalue weighted by Gasteiger charge is 2.10. The van der Waals surface area contributed by atoms with E-state index in [1.54, 1.807) is 0 Å². The van der Waals surface area contributed by atoms with Crippen LogP contribution in [0.15, 0.2) is 52.9 Å². The minimum Gasteiger partial charge on any atom is -0.461 e. The Bertz CT molecular complexity index is 712. The van der Waals surface area contributed by atoms with Crippen LogP contribution in [0.3, 0.4) is 0 Å². The Balaban J connectivity index is 1.90. The first-order chi connectivity index (χ1) is 9.25. The zero-order chi connectivity index (χ0) is 13.2. The van der Waals surface area contributed by atoms with E-state index in [2.05, 4.69) is 48.6 Å². The Morgan fingerprint density at radius 1 is 0.947 bits per heavy atom. The van der Waals surface area contributed by atoms with Crippen LogP contribution < -0.4 is 5.32 Å². The molecule has 0 radical (unpaired) electrons. The second kappa shape index (κ2) is 4.81. The van der Waals surface area contributed by atoms with Gasteiger partial charge in [-0.2, -0.15) is 0 Å². The summed E-state index contributed by atoms with van der Waals surface area (Å²) in [7, 11) is 0. The van der Waals surface area contributed by atoms with Gasteiger partial charge in [-0.1, -0.05) is 36.4 Å². The molecular weight excluding hydrogens is 234 g/mol. The fourth-order valence-electron chi connectivity index (χ4n) is 2.40. The molecule has 1 heterocycles. The fraction of sp³-hybridized carbons (Fsp3) is 0.176. The minimum atomic E-state index is 0.785. The van der Waals surface area contributed by atoms with Gasteiger partial charge in [0.1, 0.15) is 11.3 Å². The number of rotatable bonds is 3. The van der Waals surface area contributed by atoms with Crippen LogP contribution in [-0.2, 0) is 6.54 Å². The summed E-state index contributed by atoms with van der Waals surface area (Å²) in [4.78, 5) is 0. The van der Waals surface area contributed by atoms with Gasteiger partial charge < -0.3 is 9.73 Å². The van der Waals surface area contributed by atoms with Crippen molar-refractivity contribution in [3.63, 3.8) is 0 Å². The number of anilines is 1. The molecule has 1 N–H and O–H groups in total. The first-order valence-corrected chi connectivity index (χ1v) is 6.52. The number of para-hydroxylation sites is 2. The molecule has 0 amide bonds. The van der Waals surface area contributed by atoms with Crippen molar-refractivity contribution in [1.29, 1.82) is 0 Å². The van der Waals surface area contributed by atoms with Gasteiger partial charge in [-0.25, -0.2) is 0 Å². The Morgan fingerprint density at radius 3 is 2.53 bits per heavy atom. The average molecular weight is 251 g/mol. The average Bonchev–Trinajstić information content (AvgIpc) is 2.74. The SMILES string of the molecule is Cc1ccccc1NCc1c(C)oc2ccccc12. The van der Waals surface area contributed by atoms with E-state index in [-0.39, 0.29) is 0 Å². The maximum atomic E-state index is 5.78. The summed E-state index contributed by atoms with van der Waals surface area (Å²) < 4.78 is 5.78. The monoisotopic (exact) mass is 251 g/mol. The van der Waals surface area contributed by atoms with Gasteiger partial charge in [-0.05, 0) is 31.5 Å². The molecule has 2 aromatic carbocycles. The Kier molecular flexibility index (Phi) is 3.00. The van der Waals surface area contributed by atoms with Gasteiger partial charge in [0, 0.05) is 23.2 Å². The van der Waals surface area contributed by atoms with Crippen LogP contribution in [0.2, 0.25) is 0 Å². The van der Waals surface area contributed by atoms with Crippen molar-refractivity contribution in [2.45, 2.75) is 20.4 Å². The summed E-state index contributed by atoms with van der Waals surface area (Å²) in [6, 6.07) is 16.5. The molecule has 1 aromatic heterocycles. The summed E-state index contributed by atoms with van der Waals surface area (Å²) in [5.41, 5.74) is 4.63. The third kappa shape index (κ3) is 2.22. The molecule has 96 valence electrons. The van der Waals surface area contributed by atoms with E-state index in [9.17, 15) is 0 Å². The molecule has 0 aliphatic carbocycles. The minimum absolute atomic E-state index is 0.785. The van der Waals surface area contributed by atoms with Gasteiger partial charge >= 0.3 is 0 Å². The highest BCUT2D eigenvalue weighted by atomic mass is 16.3. The summed E-state index contributed by atoms with van der Waals surface area (Å²) in [6.45, 7) is 4.92. The standard InChI is InChI=1S/C17H17NO/c1-12-7-3-5-9-16(12)18-11-15-13(2)19-17-10-6-4-8-14(15)17/h3-10,18H,11H2,1-2H3. The van der Waals surface area contributed by atoms with E-state index in [4.69, 9.17) is 4.42 Å². The Hall–Kier alpha value is -2.22. The zero-order valence-electron chi connectivity index (χ0n) is 11.2. The van der Waals surface area contributed by atoms with E-state index in [0.29, 0.717) is 0 Å². The lowest BCUT2D eigenvalue weighted by molar-refractivity contribution is 0.573. The van der Waals surface area contributed by atoms with Crippen LogP contribution in [0.1, 0.15) is 16.9 Å². The van der Waals surface area contributed by atoms with E-state index in [0.717, 1.165) is 17.9 Å². The van der Waals surface area contributed by atoms with Crippen molar-refractivity contribution in [3.8, 4) is 0 Å². The molecular formula is C17H17NO. The lowest BCUT2D eigenvalue weighted by Gasteiger charge is -2.08. The molecule has 0 fully saturated rings. The quantitative estimate of drug-likeness (QED) is 0.732. The Morgan fingerprint density at radius 2 is 1.68 bits per heavy atom. The molecule has 0 bridgehead atoms. The van der Waals surface area contributed by atoms with Crippen LogP contribution in [0, 0.1) is 13.8 Å². The number of aryl methyl sites for hydroxylation is 2. The number of hydrogen-bond acceptors (Lipinski definition) is 2. The fourth-order valence-corrected chi connectivity index (χ4v) is 2.40. The summed E-state index contributed by atoms with van der Waals surface area (Å²) >= 11 is 0. The zero-order valence-corrected chi connectivity index (χ0v) is 11.2. The smallest absolute Gasteiger partial charge is 0.134 e. The molecule has 0 aliphatic rings. The summed E-state index contributed by atoms with van der Waals surface area (Å²) in [6.07, 6.45) is 0. The number of benzene rings is 2. The van der Waals surface area contributed by atoms with Crippen molar-refractivity contribution >= 4 is 16.7 Å². The molecule has 0 aliphatic heterocycles. The number of furan rings is 1. The second-order valence-corrected chi connectivity index (χ2v) is 4.80. The van der Waals surface area contributed by atoms with Crippen LogP contribution in [0.4, 0.5) is 5.69 Å². The van der Waals surface area contributed by atoms with E-state index < -0.39 is 0 Å². The first-order valence-electron chi connectivity index (χ1n) is 6.52. The lowest BCUT2D eigenvalue weighted by Crippen LogP contribution is -2.01. The molecule has 3 aromatic rings. The van der Waals surface area contributed by atoms with Gasteiger partial charge in [0.25, 0.3) is 0 Å². The first kappa shape index (κ1) is 11.8. The topological polar surface area (TPSA) is 25.2 Å². The molecule has 0 saturated carbocycles. The number of hydrogen-bond donors (Lipinski definition) is 1. The third-order valence-electron chi connectivity index (χ3n) is 3.50. The van der Waals surface area contributed by atoms with E-state index >= 15 is 0 Å². The van der Waals surface area contributed by atoms with Crippen LogP contribution in [0.5, 0.6) is 0 Å². The number of nitrogens with one attached hydrogen (secondary N) is 1. The van der Waals surface area contributed by atoms with Crippen LogP contribution in [0.25, 0.3) is 11.0 Å². The highest BCUT2D eigenvalue weighted by molar-refractivity contribution is 5.82. The second-order valence-electron chi connectivity index (χ2n) is 4.80. The van der Waals surface area contributed by atoms with Gasteiger partial charge in [0.15, 0.2) is 0 Å². The van der Waals surface area contributed by atoms with E-state index in [1.807, 2.05) is 19.1 Å². The van der Waals surface area contributed by atoms with Crippen molar-refractivity contribution in [3.05, 3.63) is 65.4 Å². The van der Waals surface area contributed by atoms with Crippen LogP contribution >= 0.6 is 0 Å². The van der Waals surface area contributed by atoms with Gasteiger partial charge in [0.05, 0.1) is 0 Å². The Labute approximate surface area is 113 Å². The lowest BCUT2D eigenvalue weighted by atomic mass is 10.1. The molecule has 0 spiro atoms. The predicted octanol–water partition coefficient (Wildman–Crippen LogP) is 4.66. The number of fused-ring (bicyclic) bond motifs is 1. The largest absolute Gasteiger partial charge is 0.461 e. The highest BCUT2D eigenvalue weighted by Crippen LogP contribution is 2.26. The van der Waals surface area contributed by atoms with Gasteiger partial charge in [-0.3, -0.25) is 0 Å². The van der Waals surface area contributed by atoms with E-state index in [1.165, 1.54) is 22.2 Å². The third-order valence-corrected chi connectivity index (χ3v) is 3.50. The summed E-state index contributed by atoms with van der Waals surface area (Å²) in [5.74, 6) is 0.988.